The molecule has 0 amide bonds. The van der Waals surface area contributed by atoms with Crippen molar-refractivity contribution in [3.05, 3.63) is 54.1 Å². The summed E-state index contributed by atoms with van der Waals surface area (Å²) >= 11 is 0. The fourth-order valence-electron chi connectivity index (χ4n) is 3.66. The number of piperidine rings is 1. The molecule has 3 aromatic rings. The number of benzene rings is 1. The largest absolute Gasteiger partial charge is 0.497 e. The summed E-state index contributed by atoms with van der Waals surface area (Å²) in [5.41, 5.74) is 1.06. The molecule has 3 heterocycles. The van der Waals surface area contributed by atoms with Crippen molar-refractivity contribution in [2.45, 2.75) is 32.9 Å². The summed E-state index contributed by atoms with van der Waals surface area (Å²) in [4.78, 5) is 11.4. The molecule has 0 saturated carbocycles. The van der Waals surface area contributed by atoms with E-state index in [1.54, 1.807) is 13.3 Å². The molecule has 1 unspecified atom stereocenters. The first-order chi connectivity index (χ1) is 14.2. The summed E-state index contributed by atoms with van der Waals surface area (Å²) in [7, 11) is 1.66. The lowest BCUT2D eigenvalue weighted by Gasteiger charge is -2.33. The second-order valence-electron chi connectivity index (χ2n) is 7.33. The highest BCUT2D eigenvalue weighted by Gasteiger charge is 2.22. The van der Waals surface area contributed by atoms with Crippen LogP contribution >= 0.6 is 0 Å². The maximum absolute atomic E-state index is 5.95. The van der Waals surface area contributed by atoms with Gasteiger partial charge in [-0.2, -0.15) is 4.98 Å². The molecule has 1 saturated heterocycles. The molecule has 29 heavy (non-hydrogen) atoms. The Hall–Kier alpha value is -3.16. The third kappa shape index (κ3) is 5.01. The third-order valence-corrected chi connectivity index (χ3v) is 5.11. The van der Waals surface area contributed by atoms with Gasteiger partial charge in [0.05, 0.1) is 13.3 Å². The molecule has 0 spiro atoms. The van der Waals surface area contributed by atoms with Crippen molar-refractivity contribution in [2.24, 2.45) is 5.92 Å². The molecule has 1 atom stereocenters. The van der Waals surface area contributed by atoms with Gasteiger partial charge < -0.3 is 14.4 Å². The van der Waals surface area contributed by atoms with Crippen LogP contribution in [0.4, 0.5) is 5.82 Å². The van der Waals surface area contributed by atoms with Gasteiger partial charge >= 0.3 is 0 Å². The first kappa shape index (κ1) is 19.2. The number of aromatic nitrogens is 5. The van der Waals surface area contributed by atoms with Crippen LogP contribution in [0.3, 0.4) is 0 Å². The quantitative estimate of drug-likeness (QED) is 0.610. The minimum atomic E-state index is 0.453. The van der Waals surface area contributed by atoms with E-state index in [1.165, 1.54) is 6.42 Å². The lowest BCUT2D eigenvalue weighted by atomic mass is 9.98. The summed E-state index contributed by atoms with van der Waals surface area (Å²) in [6.45, 7) is 5.16. The molecule has 1 aliphatic rings. The van der Waals surface area contributed by atoms with Crippen LogP contribution in [0.2, 0.25) is 0 Å². The van der Waals surface area contributed by atoms with Gasteiger partial charge in [0.25, 0.3) is 0 Å². The summed E-state index contributed by atoms with van der Waals surface area (Å²) < 4.78 is 13.1. The van der Waals surface area contributed by atoms with Crippen LogP contribution in [0.15, 0.2) is 42.7 Å². The van der Waals surface area contributed by atoms with Crippen LogP contribution in [0.1, 0.15) is 24.2 Å². The van der Waals surface area contributed by atoms with Gasteiger partial charge in [-0.25, -0.2) is 4.98 Å². The van der Waals surface area contributed by atoms with E-state index in [9.17, 15) is 0 Å². The molecule has 8 heteroatoms. The zero-order chi connectivity index (χ0) is 20.1. The first-order valence-electron chi connectivity index (χ1n) is 9.90. The van der Waals surface area contributed by atoms with Crippen LogP contribution in [0.25, 0.3) is 0 Å². The Balaban J connectivity index is 1.41. The van der Waals surface area contributed by atoms with Gasteiger partial charge in [0.2, 0.25) is 5.88 Å². The topological polar surface area (TPSA) is 78.2 Å². The van der Waals surface area contributed by atoms with Crippen LogP contribution in [-0.4, -0.2) is 45.2 Å². The minimum absolute atomic E-state index is 0.453. The Bertz CT molecular complexity index is 913. The van der Waals surface area contributed by atoms with E-state index in [2.05, 4.69) is 25.2 Å². The van der Waals surface area contributed by atoms with Gasteiger partial charge in [0.1, 0.15) is 24.0 Å². The second-order valence-corrected chi connectivity index (χ2v) is 7.33. The van der Waals surface area contributed by atoms with Crippen molar-refractivity contribution in [3.8, 4) is 11.6 Å². The van der Waals surface area contributed by atoms with E-state index in [4.69, 9.17) is 9.47 Å². The number of ether oxygens (including phenoxy) is 2. The molecule has 152 valence electrons. The zero-order valence-electron chi connectivity index (χ0n) is 16.9. The van der Waals surface area contributed by atoms with Gasteiger partial charge in [0.15, 0.2) is 0 Å². The molecule has 1 fully saturated rings. The SMILES string of the molecule is COc1ccc(COc2cc(N3CCCC(Cn4ccnn4)C3)nc(C)n2)cc1. The van der Waals surface area contributed by atoms with Gasteiger partial charge in [-0.05, 0) is 43.4 Å². The molecule has 0 radical (unpaired) electrons. The Morgan fingerprint density at radius 3 is 2.79 bits per heavy atom. The molecular formula is C21H26N6O2. The molecule has 1 aliphatic heterocycles. The van der Waals surface area contributed by atoms with Gasteiger partial charge in [-0.3, -0.25) is 4.68 Å². The molecule has 4 rings (SSSR count). The second kappa shape index (κ2) is 8.89. The molecule has 8 nitrogen and oxygen atoms in total. The highest BCUT2D eigenvalue weighted by molar-refractivity contribution is 5.42. The maximum atomic E-state index is 5.95. The predicted molar refractivity (Wildman–Crippen MR) is 109 cm³/mol. The maximum Gasteiger partial charge on any atom is 0.219 e. The first-order valence-corrected chi connectivity index (χ1v) is 9.90. The fourth-order valence-corrected chi connectivity index (χ4v) is 3.66. The van der Waals surface area contributed by atoms with Crippen molar-refractivity contribution < 1.29 is 9.47 Å². The molecule has 0 N–H and O–H groups in total. The van der Waals surface area contributed by atoms with Crippen LogP contribution in [-0.2, 0) is 13.2 Å². The number of aryl methyl sites for hydroxylation is 1. The normalized spacial score (nSPS) is 16.6. The van der Waals surface area contributed by atoms with Crippen molar-refractivity contribution in [1.29, 1.82) is 0 Å². The van der Waals surface area contributed by atoms with Gasteiger partial charge in [0, 0.05) is 31.9 Å². The fraction of sp³-hybridized carbons (Fsp3) is 0.429. The number of hydrogen-bond donors (Lipinski definition) is 0. The summed E-state index contributed by atoms with van der Waals surface area (Å²) in [6, 6.07) is 9.78. The van der Waals surface area contributed by atoms with E-state index in [0.717, 1.165) is 43.2 Å². The zero-order valence-corrected chi connectivity index (χ0v) is 16.9. The molecule has 0 aliphatic carbocycles. The lowest BCUT2D eigenvalue weighted by Crippen LogP contribution is -2.37. The van der Waals surface area contributed by atoms with E-state index in [0.29, 0.717) is 24.2 Å². The lowest BCUT2D eigenvalue weighted by molar-refractivity contribution is 0.292. The number of hydrogen-bond acceptors (Lipinski definition) is 7. The van der Waals surface area contributed by atoms with Gasteiger partial charge in [-0.1, -0.05) is 17.3 Å². The summed E-state index contributed by atoms with van der Waals surface area (Å²) in [5.74, 6) is 3.58. The van der Waals surface area contributed by atoms with E-state index < -0.39 is 0 Å². The van der Waals surface area contributed by atoms with Crippen LogP contribution in [0.5, 0.6) is 11.6 Å². The smallest absolute Gasteiger partial charge is 0.219 e. The average molecular weight is 394 g/mol. The van der Waals surface area contributed by atoms with E-state index in [1.807, 2.05) is 48.1 Å². The van der Waals surface area contributed by atoms with Crippen LogP contribution < -0.4 is 14.4 Å². The number of rotatable bonds is 7. The van der Waals surface area contributed by atoms with Crippen molar-refractivity contribution in [1.82, 2.24) is 25.0 Å². The Kier molecular flexibility index (Phi) is 5.88. The summed E-state index contributed by atoms with van der Waals surface area (Å²) in [6.07, 6.45) is 5.95. The van der Waals surface area contributed by atoms with Crippen LogP contribution in [0, 0.1) is 12.8 Å². The monoisotopic (exact) mass is 394 g/mol. The van der Waals surface area contributed by atoms with Crippen molar-refractivity contribution in [3.63, 3.8) is 0 Å². The predicted octanol–water partition coefficient (Wildman–Crippen LogP) is 2.88. The third-order valence-electron chi connectivity index (χ3n) is 5.11. The number of methoxy groups -OCH3 is 1. The van der Waals surface area contributed by atoms with E-state index in [-0.39, 0.29) is 0 Å². The number of nitrogens with zero attached hydrogens (tertiary/aromatic N) is 6. The standard InChI is InChI=1S/C21H26N6O2/c1-16-23-20(26-10-3-4-18(13-26)14-27-11-9-22-25-27)12-21(24-16)29-15-17-5-7-19(28-2)8-6-17/h5-9,11-12,18H,3-4,10,13-15H2,1-2H3. The van der Waals surface area contributed by atoms with Crippen molar-refractivity contribution in [2.75, 3.05) is 25.1 Å². The van der Waals surface area contributed by atoms with Gasteiger partial charge in [-0.15, -0.1) is 5.10 Å². The minimum Gasteiger partial charge on any atom is -0.497 e. The molecule has 2 aromatic heterocycles. The Labute approximate surface area is 170 Å². The average Bonchev–Trinajstić information content (AvgIpc) is 3.25. The highest BCUT2D eigenvalue weighted by Crippen LogP contribution is 2.25. The van der Waals surface area contributed by atoms with Crippen molar-refractivity contribution >= 4 is 5.82 Å². The number of anilines is 1. The summed E-state index contributed by atoms with van der Waals surface area (Å²) in [5, 5.41) is 7.99. The Morgan fingerprint density at radius 1 is 1.17 bits per heavy atom. The molecular weight excluding hydrogens is 368 g/mol. The Morgan fingerprint density at radius 2 is 2.03 bits per heavy atom. The van der Waals surface area contributed by atoms with E-state index >= 15 is 0 Å². The molecule has 0 bridgehead atoms. The molecule has 1 aromatic carbocycles. The highest BCUT2D eigenvalue weighted by atomic mass is 16.5.